The Labute approximate surface area is 233 Å². The predicted molar refractivity (Wildman–Crippen MR) is 153 cm³/mol. The van der Waals surface area contributed by atoms with E-state index in [0.717, 1.165) is 16.3 Å². The van der Waals surface area contributed by atoms with Crippen molar-refractivity contribution in [3.05, 3.63) is 77.6 Å². The molecule has 5 rings (SSSR count). The van der Waals surface area contributed by atoms with Gasteiger partial charge in [0.1, 0.15) is 11.4 Å². The first-order valence-electron chi connectivity index (χ1n) is 13.4. The van der Waals surface area contributed by atoms with Crippen molar-refractivity contribution in [3.63, 3.8) is 0 Å². The standard InChI is InChI=1S/C31H32N6O3/c1-20-7-5-8-22-12-14-33-28(27(20)22)37(23-9-6-16-36(19-23)30(39)40-31(2,3)4)29(38)24-11-10-21(18-32)17-25(24)26-13-15-34-35-26/h5,7-8,10-15,17,23H,6,9,16,19H2,1-4H3,(H,34,35)/t23-/m1/s1. The van der Waals surface area contributed by atoms with Gasteiger partial charge >= 0.3 is 6.09 Å². The number of aromatic nitrogens is 3. The number of piperidine rings is 1. The number of benzene rings is 2. The van der Waals surface area contributed by atoms with Crippen molar-refractivity contribution in [2.45, 2.75) is 52.2 Å². The third-order valence-electron chi connectivity index (χ3n) is 7.01. The summed E-state index contributed by atoms with van der Waals surface area (Å²) in [7, 11) is 0. The number of hydrogen-bond acceptors (Lipinski definition) is 6. The van der Waals surface area contributed by atoms with Gasteiger partial charge in [0.15, 0.2) is 0 Å². The van der Waals surface area contributed by atoms with Crippen LogP contribution in [0.25, 0.3) is 22.0 Å². The Hall–Kier alpha value is -4.71. The number of amides is 2. The van der Waals surface area contributed by atoms with E-state index in [1.54, 1.807) is 46.5 Å². The zero-order chi connectivity index (χ0) is 28.4. The second kappa shape index (κ2) is 10.8. The fraction of sp³-hybridized carbons (Fsp3) is 0.323. The summed E-state index contributed by atoms with van der Waals surface area (Å²) in [5.41, 5.74) is 2.40. The molecule has 1 saturated heterocycles. The Balaban J connectivity index is 1.64. The topological polar surface area (TPSA) is 115 Å². The van der Waals surface area contributed by atoms with E-state index in [2.05, 4.69) is 16.3 Å². The van der Waals surface area contributed by atoms with E-state index < -0.39 is 11.7 Å². The van der Waals surface area contributed by atoms with Gasteiger partial charge in [-0.05, 0) is 81.8 Å². The van der Waals surface area contributed by atoms with E-state index in [-0.39, 0.29) is 11.9 Å². The van der Waals surface area contributed by atoms with Crippen molar-refractivity contribution in [2.24, 2.45) is 0 Å². The van der Waals surface area contributed by atoms with Gasteiger partial charge in [0.2, 0.25) is 0 Å². The van der Waals surface area contributed by atoms with Gasteiger partial charge in [-0.2, -0.15) is 10.4 Å². The fourth-order valence-corrected chi connectivity index (χ4v) is 5.22. The van der Waals surface area contributed by atoms with Crippen LogP contribution >= 0.6 is 0 Å². The number of carbonyl (C=O) groups is 2. The molecule has 4 aromatic rings. The maximum atomic E-state index is 14.7. The number of anilines is 1. The zero-order valence-electron chi connectivity index (χ0n) is 23.1. The highest BCUT2D eigenvalue weighted by Gasteiger charge is 2.36. The number of pyridine rings is 1. The summed E-state index contributed by atoms with van der Waals surface area (Å²) in [6.45, 7) is 8.38. The van der Waals surface area contributed by atoms with Crippen LogP contribution in [0.15, 0.2) is 60.9 Å². The van der Waals surface area contributed by atoms with E-state index in [4.69, 9.17) is 9.72 Å². The Morgan fingerprint density at radius 3 is 2.70 bits per heavy atom. The monoisotopic (exact) mass is 536 g/mol. The molecule has 0 spiro atoms. The molecule has 204 valence electrons. The smallest absolute Gasteiger partial charge is 0.410 e. The number of aromatic amines is 1. The van der Waals surface area contributed by atoms with E-state index in [9.17, 15) is 14.9 Å². The predicted octanol–water partition coefficient (Wildman–Crippen LogP) is 5.85. The third kappa shape index (κ3) is 5.38. The van der Waals surface area contributed by atoms with E-state index in [0.29, 0.717) is 54.1 Å². The third-order valence-corrected chi connectivity index (χ3v) is 7.01. The van der Waals surface area contributed by atoms with Gasteiger partial charge in [-0.15, -0.1) is 0 Å². The molecule has 1 fully saturated rings. The molecular weight excluding hydrogens is 504 g/mol. The zero-order valence-corrected chi connectivity index (χ0v) is 23.1. The van der Waals surface area contributed by atoms with E-state index >= 15 is 0 Å². The molecule has 0 aliphatic carbocycles. The molecule has 1 atom stereocenters. The lowest BCUT2D eigenvalue weighted by Gasteiger charge is -2.39. The minimum atomic E-state index is -0.630. The van der Waals surface area contributed by atoms with Crippen LogP contribution in [0.1, 0.15) is 55.1 Å². The van der Waals surface area contributed by atoms with Crippen LogP contribution in [0.4, 0.5) is 10.6 Å². The molecule has 2 amide bonds. The molecule has 0 saturated carbocycles. The van der Waals surface area contributed by atoms with Crippen LogP contribution in [-0.4, -0.2) is 56.8 Å². The van der Waals surface area contributed by atoms with Crippen LogP contribution in [-0.2, 0) is 4.74 Å². The number of nitrogens with one attached hydrogen (secondary N) is 1. The molecule has 9 nitrogen and oxygen atoms in total. The van der Waals surface area contributed by atoms with Gasteiger partial charge in [-0.25, -0.2) is 9.78 Å². The largest absolute Gasteiger partial charge is 0.444 e. The number of rotatable bonds is 4. The molecule has 1 aliphatic heterocycles. The van der Waals surface area contributed by atoms with Crippen LogP contribution in [0, 0.1) is 18.3 Å². The fourth-order valence-electron chi connectivity index (χ4n) is 5.22. The molecule has 40 heavy (non-hydrogen) atoms. The normalized spacial score (nSPS) is 15.5. The lowest BCUT2D eigenvalue weighted by molar-refractivity contribution is 0.0196. The number of carbonyl (C=O) groups excluding carboxylic acids is 2. The van der Waals surface area contributed by atoms with Crippen LogP contribution < -0.4 is 4.90 Å². The molecule has 3 heterocycles. The second-order valence-corrected chi connectivity index (χ2v) is 11.0. The first-order valence-corrected chi connectivity index (χ1v) is 13.4. The van der Waals surface area contributed by atoms with Gasteiger partial charge in [-0.3, -0.25) is 14.8 Å². The van der Waals surface area contributed by atoms with Crippen molar-refractivity contribution in [2.75, 3.05) is 18.0 Å². The number of aryl methyl sites for hydroxylation is 1. The number of fused-ring (bicyclic) bond motifs is 1. The first-order chi connectivity index (χ1) is 19.2. The summed E-state index contributed by atoms with van der Waals surface area (Å²) in [5, 5.41) is 18.4. The minimum absolute atomic E-state index is 0.270. The quantitative estimate of drug-likeness (QED) is 0.350. The van der Waals surface area contributed by atoms with Crippen molar-refractivity contribution in [3.8, 4) is 17.3 Å². The lowest BCUT2D eigenvalue weighted by Crippen LogP contribution is -2.53. The Kier molecular flexibility index (Phi) is 7.26. The van der Waals surface area contributed by atoms with E-state index in [1.165, 1.54) is 0 Å². The van der Waals surface area contributed by atoms with E-state index in [1.807, 2.05) is 52.0 Å². The lowest BCUT2D eigenvalue weighted by atomic mass is 9.97. The number of H-pyrrole nitrogens is 1. The van der Waals surface area contributed by atoms with Crippen LogP contribution in [0.3, 0.4) is 0 Å². The SMILES string of the molecule is Cc1cccc2ccnc(N(C(=O)c3ccc(C#N)cc3-c3ccn[nH]3)[C@@H]3CCCN(C(=O)OC(C)(C)C)C3)c12. The molecule has 0 bridgehead atoms. The Morgan fingerprint density at radius 1 is 1.15 bits per heavy atom. The maximum absolute atomic E-state index is 14.7. The number of nitriles is 1. The van der Waals surface area contributed by atoms with Crippen molar-refractivity contribution in [1.29, 1.82) is 5.26 Å². The summed E-state index contributed by atoms with van der Waals surface area (Å²) in [6, 6.07) is 16.5. The molecule has 1 aliphatic rings. The molecule has 0 radical (unpaired) electrons. The Bertz CT molecular complexity index is 1590. The van der Waals surface area contributed by atoms with Crippen molar-refractivity contribution < 1.29 is 14.3 Å². The second-order valence-electron chi connectivity index (χ2n) is 11.0. The molecule has 2 aromatic heterocycles. The maximum Gasteiger partial charge on any atom is 0.410 e. The highest BCUT2D eigenvalue weighted by Crippen LogP contribution is 2.34. The average molecular weight is 537 g/mol. The number of ether oxygens (including phenoxy) is 1. The molecular formula is C31H32N6O3. The van der Waals surface area contributed by atoms with Gasteiger partial charge < -0.3 is 9.64 Å². The summed E-state index contributed by atoms with van der Waals surface area (Å²) in [4.78, 5) is 35.8. The number of nitrogens with zero attached hydrogens (tertiary/aromatic N) is 5. The first kappa shape index (κ1) is 26.9. The van der Waals surface area contributed by atoms with Crippen LogP contribution in [0.5, 0.6) is 0 Å². The molecule has 2 aromatic carbocycles. The summed E-state index contributed by atoms with van der Waals surface area (Å²) in [5.74, 6) is 0.268. The highest BCUT2D eigenvalue weighted by molar-refractivity contribution is 6.13. The minimum Gasteiger partial charge on any atom is -0.444 e. The number of hydrogen-bond donors (Lipinski definition) is 1. The van der Waals surface area contributed by atoms with Crippen LogP contribution in [0.2, 0.25) is 0 Å². The van der Waals surface area contributed by atoms with Crippen molar-refractivity contribution >= 4 is 28.6 Å². The summed E-state index contributed by atoms with van der Waals surface area (Å²) >= 11 is 0. The number of likely N-dealkylation sites (tertiary alicyclic amines) is 1. The Morgan fingerprint density at radius 2 is 1.98 bits per heavy atom. The van der Waals surface area contributed by atoms with Gasteiger partial charge in [0.05, 0.1) is 23.4 Å². The summed E-state index contributed by atoms with van der Waals surface area (Å²) < 4.78 is 5.67. The van der Waals surface area contributed by atoms with Crippen molar-refractivity contribution in [1.82, 2.24) is 20.1 Å². The van der Waals surface area contributed by atoms with Gasteiger partial charge in [0.25, 0.3) is 5.91 Å². The highest BCUT2D eigenvalue weighted by atomic mass is 16.6. The molecule has 9 heteroatoms. The van der Waals surface area contributed by atoms with Gasteiger partial charge in [0, 0.05) is 42.0 Å². The van der Waals surface area contributed by atoms with Gasteiger partial charge in [-0.1, -0.05) is 18.2 Å². The molecule has 0 unspecified atom stereocenters. The summed E-state index contributed by atoms with van der Waals surface area (Å²) in [6.07, 6.45) is 4.31. The molecule has 1 N–H and O–H groups in total. The average Bonchev–Trinajstić information content (AvgIpc) is 3.47.